The van der Waals surface area contributed by atoms with Gasteiger partial charge in [0.1, 0.15) is 5.69 Å². The molecule has 0 spiro atoms. The summed E-state index contributed by atoms with van der Waals surface area (Å²) < 4.78 is 16.2. The van der Waals surface area contributed by atoms with Crippen molar-refractivity contribution in [3.05, 3.63) is 53.3 Å². The van der Waals surface area contributed by atoms with Gasteiger partial charge in [-0.25, -0.2) is 4.98 Å². The van der Waals surface area contributed by atoms with E-state index in [4.69, 9.17) is 14.2 Å². The van der Waals surface area contributed by atoms with E-state index in [2.05, 4.69) is 10.3 Å². The van der Waals surface area contributed by atoms with E-state index in [1.807, 2.05) is 30.3 Å². The van der Waals surface area contributed by atoms with Gasteiger partial charge in [-0.2, -0.15) is 0 Å². The number of benzene rings is 1. The molecular formula is C19H22N2O4. The SMILES string of the molecule is COCc1cccc(C(=O)NC[C@H]2COc3c(cccc3OC)C2)n1. The first-order valence-electron chi connectivity index (χ1n) is 8.23. The van der Waals surface area contributed by atoms with E-state index in [-0.39, 0.29) is 11.8 Å². The van der Waals surface area contributed by atoms with Crippen molar-refractivity contribution < 1.29 is 19.0 Å². The van der Waals surface area contributed by atoms with E-state index in [1.165, 1.54) is 0 Å². The smallest absolute Gasteiger partial charge is 0.269 e. The number of nitrogens with zero attached hydrogens (tertiary/aromatic N) is 1. The normalized spacial score (nSPS) is 15.8. The number of amides is 1. The van der Waals surface area contributed by atoms with Gasteiger partial charge in [0.25, 0.3) is 5.91 Å². The van der Waals surface area contributed by atoms with Crippen LogP contribution in [-0.2, 0) is 17.8 Å². The van der Waals surface area contributed by atoms with E-state index in [1.54, 1.807) is 20.3 Å². The minimum atomic E-state index is -0.186. The molecular weight excluding hydrogens is 320 g/mol. The standard InChI is InChI=1S/C19H22N2O4/c1-23-12-15-6-4-7-16(21-15)19(22)20-10-13-9-14-5-3-8-17(24-2)18(14)25-11-13/h3-8,13H,9-12H2,1-2H3,(H,20,22)/t13-/m0/s1. The number of para-hydroxylation sites is 1. The molecule has 1 aromatic heterocycles. The van der Waals surface area contributed by atoms with Crippen LogP contribution in [0.2, 0.25) is 0 Å². The van der Waals surface area contributed by atoms with Crippen LogP contribution in [0.4, 0.5) is 0 Å². The number of pyridine rings is 1. The Kier molecular flexibility index (Phi) is 5.50. The second-order valence-electron chi connectivity index (χ2n) is 5.99. The zero-order valence-electron chi connectivity index (χ0n) is 14.5. The molecule has 0 radical (unpaired) electrons. The fraction of sp³-hybridized carbons (Fsp3) is 0.368. The number of rotatable bonds is 6. The molecule has 1 atom stereocenters. The van der Waals surface area contributed by atoms with Gasteiger partial charge in [-0.1, -0.05) is 18.2 Å². The van der Waals surface area contributed by atoms with Crippen LogP contribution in [0.15, 0.2) is 36.4 Å². The van der Waals surface area contributed by atoms with E-state index >= 15 is 0 Å². The lowest BCUT2D eigenvalue weighted by Crippen LogP contribution is -2.35. The van der Waals surface area contributed by atoms with Crippen molar-refractivity contribution in [3.63, 3.8) is 0 Å². The topological polar surface area (TPSA) is 69.7 Å². The predicted octanol–water partition coefficient (Wildman–Crippen LogP) is 2.22. The molecule has 1 aliphatic heterocycles. The summed E-state index contributed by atoms with van der Waals surface area (Å²) in [7, 11) is 3.24. The van der Waals surface area contributed by atoms with Crippen molar-refractivity contribution in [1.29, 1.82) is 0 Å². The van der Waals surface area contributed by atoms with Crippen molar-refractivity contribution in [1.82, 2.24) is 10.3 Å². The molecule has 0 unspecified atom stereocenters. The predicted molar refractivity (Wildman–Crippen MR) is 93.0 cm³/mol. The Morgan fingerprint density at radius 1 is 1.28 bits per heavy atom. The maximum absolute atomic E-state index is 12.3. The van der Waals surface area contributed by atoms with Gasteiger partial charge in [-0.05, 0) is 30.2 Å². The molecule has 1 N–H and O–H groups in total. The quantitative estimate of drug-likeness (QED) is 0.872. The van der Waals surface area contributed by atoms with Gasteiger partial charge in [0.2, 0.25) is 0 Å². The van der Waals surface area contributed by atoms with Crippen molar-refractivity contribution in [3.8, 4) is 11.5 Å². The fourth-order valence-corrected chi connectivity index (χ4v) is 2.91. The van der Waals surface area contributed by atoms with Gasteiger partial charge in [-0.15, -0.1) is 0 Å². The molecule has 0 saturated carbocycles. The molecule has 0 saturated heterocycles. The number of fused-ring (bicyclic) bond motifs is 1. The molecule has 3 rings (SSSR count). The molecule has 25 heavy (non-hydrogen) atoms. The molecule has 1 amide bonds. The lowest BCUT2D eigenvalue weighted by molar-refractivity contribution is 0.0932. The lowest BCUT2D eigenvalue weighted by atomic mass is 9.96. The number of methoxy groups -OCH3 is 2. The highest BCUT2D eigenvalue weighted by Gasteiger charge is 2.23. The van der Waals surface area contributed by atoms with Crippen LogP contribution >= 0.6 is 0 Å². The molecule has 6 nitrogen and oxygen atoms in total. The van der Waals surface area contributed by atoms with Crippen LogP contribution in [0.25, 0.3) is 0 Å². The third-order valence-electron chi connectivity index (χ3n) is 4.14. The zero-order valence-corrected chi connectivity index (χ0v) is 14.5. The average molecular weight is 342 g/mol. The molecule has 1 aliphatic rings. The molecule has 132 valence electrons. The molecule has 6 heteroatoms. The second kappa shape index (κ2) is 7.98. The Hall–Kier alpha value is -2.60. The van der Waals surface area contributed by atoms with Crippen LogP contribution in [-0.4, -0.2) is 38.3 Å². The molecule has 2 aromatic rings. The summed E-state index contributed by atoms with van der Waals surface area (Å²) in [6.07, 6.45) is 0.837. The Morgan fingerprint density at radius 3 is 2.92 bits per heavy atom. The summed E-state index contributed by atoms with van der Waals surface area (Å²) in [6, 6.07) is 11.2. The summed E-state index contributed by atoms with van der Waals surface area (Å²) in [6.45, 7) is 1.46. The first-order chi connectivity index (χ1) is 12.2. The maximum Gasteiger partial charge on any atom is 0.269 e. The van der Waals surface area contributed by atoms with Crippen molar-refractivity contribution in [2.75, 3.05) is 27.4 Å². The maximum atomic E-state index is 12.3. The summed E-state index contributed by atoms with van der Waals surface area (Å²) >= 11 is 0. The number of carbonyl (C=O) groups is 1. The van der Waals surface area contributed by atoms with Gasteiger partial charge < -0.3 is 19.5 Å². The summed E-state index contributed by atoms with van der Waals surface area (Å²) in [5.41, 5.74) is 2.23. The van der Waals surface area contributed by atoms with E-state index < -0.39 is 0 Å². The van der Waals surface area contributed by atoms with Crippen molar-refractivity contribution >= 4 is 5.91 Å². The number of carbonyl (C=O) groups excluding carboxylic acids is 1. The molecule has 0 fully saturated rings. The van der Waals surface area contributed by atoms with Gasteiger partial charge >= 0.3 is 0 Å². The minimum absolute atomic E-state index is 0.186. The lowest BCUT2D eigenvalue weighted by Gasteiger charge is -2.26. The number of hydrogen-bond acceptors (Lipinski definition) is 5. The third kappa shape index (κ3) is 4.09. The van der Waals surface area contributed by atoms with Gasteiger partial charge in [0.15, 0.2) is 11.5 Å². The minimum Gasteiger partial charge on any atom is -0.493 e. The Balaban J connectivity index is 1.59. The van der Waals surface area contributed by atoms with Crippen LogP contribution in [0, 0.1) is 5.92 Å². The van der Waals surface area contributed by atoms with Gasteiger partial charge in [-0.3, -0.25) is 4.79 Å². The monoisotopic (exact) mass is 342 g/mol. The zero-order chi connectivity index (χ0) is 17.6. The third-order valence-corrected chi connectivity index (χ3v) is 4.14. The van der Waals surface area contributed by atoms with E-state index in [0.29, 0.717) is 25.5 Å². The average Bonchev–Trinajstić information content (AvgIpc) is 2.65. The van der Waals surface area contributed by atoms with Crippen molar-refractivity contribution in [2.24, 2.45) is 5.92 Å². The summed E-state index contributed by atoms with van der Waals surface area (Å²) in [5.74, 6) is 1.58. The van der Waals surface area contributed by atoms with Crippen LogP contribution < -0.4 is 14.8 Å². The summed E-state index contributed by atoms with van der Waals surface area (Å²) in [4.78, 5) is 16.6. The van der Waals surface area contributed by atoms with Crippen molar-refractivity contribution in [2.45, 2.75) is 13.0 Å². The van der Waals surface area contributed by atoms with Gasteiger partial charge in [0, 0.05) is 19.6 Å². The Bertz CT molecular complexity index is 748. The van der Waals surface area contributed by atoms with E-state index in [0.717, 1.165) is 29.2 Å². The van der Waals surface area contributed by atoms with Gasteiger partial charge in [0.05, 0.1) is 26.0 Å². The highest BCUT2D eigenvalue weighted by molar-refractivity contribution is 5.92. The van der Waals surface area contributed by atoms with E-state index in [9.17, 15) is 4.79 Å². The first kappa shape index (κ1) is 17.2. The number of ether oxygens (including phenoxy) is 3. The van der Waals surface area contributed by atoms with Crippen LogP contribution in [0.3, 0.4) is 0 Å². The largest absolute Gasteiger partial charge is 0.493 e. The van der Waals surface area contributed by atoms with Crippen LogP contribution in [0.1, 0.15) is 21.7 Å². The molecule has 0 aliphatic carbocycles. The second-order valence-corrected chi connectivity index (χ2v) is 5.99. The fourth-order valence-electron chi connectivity index (χ4n) is 2.91. The Morgan fingerprint density at radius 2 is 2.12 bits per heavy atom. The molecule has 0 bridgehead atoms. The number of hydrogen-bond donors (Lipinski definition) is 1. The highest BCUT2D eigenvalue weighted by Crippen LogP contribution is 2.35. The summed E-state index contributed by atoms with van der Waals surface area (Å²) in [5, 5.41) is 2.94. The molecule has 1 aromatic carbocycles. The number of nitrogens with one attached hydrogen (secondary N) is 1. The molecule has 2 heterocycles. The first-order valence-corrected chi connectivity index (χ1v) is 8.23. The number of aromatic nitrogens is 1. The van der Waals surface area contributed by atoms with Crippen LogP contribution in [0.5, 0.6) is 11.5 Å². The Labute approximate surface area is 147 Å². The highest BCUT2D eigenvalue weighted by atomic mass is 16.5.